The van der Waals surface area contributed by atoms with Gasteiger partial charge in [-0.05, 0) is 51.0 Å². The molecule has 2 N–H and O–H groups in total. The van der Waals surface area contributed by atoms with Gasteiger partial charge in [-0.1, -0.05) is 26.2 Å². The van der Waals surface area contributed by atoms with E-state index in [-0.39, 0.29) is 0 Å². The van der Waals surface area contributed by atoms with Gasteiger partial charge < -0.3 is 10.6 Å². The second-order valence-electron chi connectivity index (χ2n) is 6.38. The van der Waals surface area contributed by atoms with Crippen LogP contribution in [0.2, 0.25) is 0 Å². The molecule has 0 aliphatic heterocycles. The van der Waals surface area contributed by atoms with Gasteiger partial charge in [0.15, 0.2) is 0 Å². The standard InChI is InChI=1S/C16H30N2O/c1-2-17-14-8-10-15(11-9-14)18-16(19)12-13-6-4-3-5-7-13/h13-15,17H,2-12H2,1H3,(H,18,19). The van der Waals surface area contributed by atoms with Gasteiger partial charge in [0.1, 0.15) is 0 Å². The van der Waals surface area contributed by atoms with Crippen LogP contribution >= 0.6 is 0 Å². The van der Waals surface area contributed by atoms with Crippen molar-refractivity contribution in [3.63, 3.8) is 0 Å². The lowest BCUT2D eigenvalue weighted by atomic mass is 9.86. The van der Waals surface area contributed by atoms with E-state index in [1.165, 1.54) is 44.9 Å². The maximum Gasteiger partial charge on any atom is 0.220 e. The zero-order valence-electron chi connectivity index (χ0n) is 12.4. The molecule has 3 heteroatoms. The summed E-state index contributed by atoms with van der Waals surface area (Å²) < 4.78 is 0. The monoisotopic (exact) mass is 266 g/mol. The van der Waals surface area contributed by atoms with E-state index in [1.807, 2.05) is 0 Å². The first kappa shape index (κ1) is 14.8. The van der Waals surface area contributed by atoms with Crippen LogP contribution in [-0.4, -0.2) is 24.5 Å². The molecule has 110 valence electrons. The molecule has 0 heterocycles. The third-order valence-electron chi connectivity index (χ3n) is 4.78. The number of rotatable bonds is 5. The summed E-state index contributed by atoms with van der Waals surface area (Å²) >= 11 is 0. The highest BCUT2D eigenvalue weighted by Gasteiger charge is 2.23. The summed E-state index contributed by atoms with van der Waals surface area (Å²) in [5.74, 6) is 0.964. The van der Waals surface area contributed by atoms with Crippen LogP contribution in [0.1, 0.15) is 71.1 Å². The first-order valence-electron chi connectivity index (χ1n) is 8.30. The highest BCUT2D eigenvalue weighted by molar-refractivity contribution is 5.76. The van der Waals surface area contributed by atoms with Gasteiger partial charge in [-0.3, -0.25) is 4.79 Å². The molecule has 0 radical (unpaired) electrons. The van der Waals surface area contributed by atoms with E-state index in [0.717, 1.165) is 25.8 Å². The first-order valence-corrected chi connectivity index (χ1v) is 8.30. The van der Waals surface area contributed by atoms with Crippen molar-refractivity contribution in [3.8, 4) is 0 Å². The summed E-state index contributed by atoms with van der Waals surface area (Å²) in [6.45, 7) is 3.22. The fraction of sp³-hybridized carbons (Fsp3) is 0.938. The summed E-state index contributed by atoms with van der Waals surface area (Å²) in [5.41, 5.74) is 0. The van der Waals surface area contributed by atoms with Crippen LogP contribution in [0.5, 0.6) is 0 Å². The molecule has 0 unspecified atom stereocenters. The molecular formula is C16H30N2O. The van der Waals surface area contributed by atoms with Crippen LogP contribution in [0.4, 0.5) is 0 Å². The van der Waals surface area contributed by atoms with Gasteiger partial charge in [0.25, 0.3) is 0 Å². The summed E-state index contributed by atoms with van der Waals surface area (Å²) in [6.07, 6.45) is 12.0. The second-order valence-corrected chi connectivity index (χ2v) is 6.38. The number of carbonyl (C=O) groups is 1. The fourth-order valence-corrected chi connectivity index (χ4v) is 3.67. The number of nitrogens with one attached hydrogen (secondary N) is 2. The van der Waals surface area contributed by atoms with Crippen LogP contribution in [0.25, 0.3) is 0 Å². The SMILES string of the molecule is CCNC1CCC(NC(=O)CC2CCCCC2)CC1. The van der Waals surface area contributed by atoms with Crippen LogP contribution in [-0.2, 0) is 4.79 Å². The van der Waals surface area contributed by atoms with E-state index in [0.29, 0.717) is 23.9 Å². The van der Waals surface area contributed by atoms with Gasteiger partial charge in [-0.25, -0.2) is 0 Å². The fourth-order valence-electron chi connectivity index (χ4n) is 3.67. The minimum absolute atomic E-state index is 0.304. The summed E-state index contributed by atoms with van der Waals surface area (Å²) in [5, 5.41) is 6.77. The van der Waals surface area contributed by atoms with Crippen molar-refractivity contribution in [1.82, 2.24) is 10.6 Å². The molecule has 0 bridgehead atoms. The molecule has 0 aromatic carbocycles. The number of carbonyl (C=O) groups excluding carboxylic acids is 1. The van der Waals surface area contributed by atoms with Gasteiger partial charge in [0.05, 0.1) is 0 Å². The summed E-state index contributed by atoms with van der Waals surface area (Å²) in [6, 6.07) is 1.11. The van der Waals surface area contributed by atoms with Gasteiger partial charge >= 0.3 is 0 Å². The van der Waals surface area contributed by atoms with E-state index in [9.17, 15) is 4.79 Å². The molecule has 2 saturated carbocycles. The summed E-state index contributed by atoms with van der Waals surface area (Å²) in [7, 11) is 0. The Morgan fingerprint density at radius 2 is 1.58 bits per heavy atom. The Bertz CT molecular complexity index is 266. The molecule has 0 saturated heterocycles. The summed E-state index contributed by atoms with van der Waals surface area (Å²) in [4.78, 5) is 12.1. The second kappa shape index (κ2) is 7.88. The minimum atomic E-state index is 0.304. The predicted molar refractivity (Wildman–Crippen MR) is 79.1 cm³/mol. The first-order chi connectivity index (χ1) is 9.28. The highest BCUT2D eigenvalue weighted by Crippen LogP contribution is 2.26. The van der Waals surface area contributed by atoms with E-state index in [4.69, 9.17) is 0 Å². The molecule has 0 aromatic rings. The van der Waals surface area contributed by atoms with E-state index >= 15 is 0 Å². The zero-order chi connectivity index (χ0) is 13.5. The largest absolute Gasteiger partial charge is 0.353 e. The Labute approximate surface area is 117 Å². The number of hydrogen-bond acceptors (Lipinski definition) is 2. The Kier molecular flexibility index (Phi) is 6.15. The molecule has 0 spiro atoms. The van der Waals surface area contributed by atoms with Gasteiger partial charge in [0.2, 0.25) is 5.91 Å². The third kappa shape index (κ3) is 5.13. The molecule has 2 aliphatic carbocycles. The molecule has 2 aliphatic rings. The van der Waals surface area contributed by atoms with Crippen LogP contribution in [0.15, 0.2) is 0 Å². The van der Waals surface area contributed by atoms with E-state index in [2.05, 4.69) is 17.6 Å². The molecule has 19 heavy (non-hydrogen) atoms. The van der Waals surface area contributed by atoms with E-state index < -0.39 is 0 Å². The lowest BCUT2D eigenvalue weighted by Gasteiger charge is -2.30. The molecule has 0 atom stereocenters. The minimum Gasteiger partial charge on any atom is -0.353 e. The van der Waals surface area contributed by atoms with Crippen molar-refractivity contribution in [2.24, 2.45) is 5.92 Å². The molecule has 0 aromatic heterocycles. The topological polar surface area (TPSA) is 41.1 Å². The number of amides is 1. The van der Waals surface area contributed by atoms with Crippen molar-refractivity contribution >= 4 is 5.91 Å². The Morgan fingerprint density at radius 1 is 0.947 bits per heavy atom. The van der Waals surface area contributed by atoms with Crippen molar-refractivity contribution < 1.29 is 4.79 Å². The molecular weight excluding hydrogens is 236 g/mol. The van der Waals surface area contributed by atoms with Crippen LogP contribution in [0, 0.1) is 5.92 Å². The molecule has 2 fully saturated rings. The normalized spacial score (nSPS) is 29.1. The highest BCUT2D eigenvalue weighted by atomic mass is 16.1. The molecule has 2 rings (SSSR count). The van der Waals surface area contributed by atoms with Crippen molar-refractivity contribution in [2.45, 2.75) is 83.2 Å². The molecule has 3 nitrogen and oxygen atoms in total. The zero-order valence-corrected chi connectivity index (χ0v) is 12.4. The lowest BCUT2D eigenvalue weighted by Crippen LogP contribution is -2.42. The van der Waals surface area contributed by atoms with Crippen molar-refractivity contribution in [3.05, 3.63) is 0 Å². The Balaban J connectivity index is 1.63. The maximum absolute atomic E-state index is 12.1. The maximum atomic E-state index is 12.1. The smallest absolute Gasteiger partial charge is 0.220 e. The van der Waals surface area contributed by atoms with Crippen LogP contribution < -0.4 is 10.6 Å². The Hall–Kier alpha value is -0.570. The average molecular weight is 266 g/mol. The van der Waals surface area contributed by atoms with Gasteiger partial charge in [0, 0.05) is 18.5 Å². The van der Waals surface area contributed by atoms with Crippen molar-refractivity contribution in [1.29, 1.82) is 0 Å². The lowest BCUT2D eigenvalue weighted by molar-refractivity contribution is -0.123. The molecule has 1 amide bonds. The van der Waals surface area contributed by atoms with Crippen molar-refractivity contribution in [2.75, 3.05) is 6.54 Å². The quantitative estimate of drug-likeness (QED) is 0.803. The van der Waals surface area contributed by atoms with Gasteiger partial charge in [-0.2, -0.15) is 0 Å². The number of hydrogen-bond donors (Lipinski definition) is 2. The van der Waals surface area contributed by atoms with E-state index in [1.54, 1.807) is 0 Å². The van der Waals surface area contributed by atoms with Gasteiger partial charge in [-0.15, -0.1) is 0 Å². The Morgan fingerprint density at radius 3 is 2.21 bits per heavy atom. The van der Waals surface area contributed by atoms with Crippen LogP contribution in [0.3, 0.4) is 0 Å². The average Bonchev–Trinajstić information content (AvgIpc) is 2.42. The predicted octanol–water partition coefficient (Wildman–Crippen LogP) is 2.99. The third-order valence-corrected chi connectivity index (χ3v) is 4.78.